The third-order valence-electron chi connectivity index (χ3n) is 4.07. The first-order valence-electron chi connectivity index (χ1n) is 6.26. The summed E-state index contributed by atoms with van der Waals surface area (Å²) in [6.07, 6.45) is 3.97. The zero-order chi connectivity index (χ0) is 11.6. The van der Waals surface area contributed by atoms with E-state index in [2.05, 4.69) is 52.0 Å². The molecule has 2 nitrogen and oxygen atoms in total. The van der Waals surface area contributed by atoms with Crippen molar-refractivity contribution < 1.29 is 0 Å². The van der Waals surface area contributed by atoms with Gasteiger partial charge >= 0.3 is 0 Å². The van der Waals surface area contributed by atoms with E-state index in [0.717, 1.165) is 0 Å². The monoisotopic (exact) mass is 212 g/mol. The predicted molar refractivity (Wildman–Crippen MR) is 67.2 cm³/mol. The van der Waals surface area contributed by atoms with Crippen LogP contribution in [0, 0.1) is 5.41 Å². The van der Waals surface area contributed by atoms with Gasteiger partial charge in [0.05, 0.1) is 0 Å². The largest absolute Gasteiger partial charge is 0.315 e. The van der Waals surface area contributed by atoms with Gasteiger partial charge in [-0.1, -0.05) is 13.8 Å². The van der Waals surface area contributed by atoms with Crippen LogP contribution in [0.1, 0.15) is 47.0 Å². The Hall–Kier alpha value is -0.0800. The summed E-state index contributed by atoms with van der Waals surface area (Å²) < 4.78 is 0. The molecule has 90 valence electrons. The highest BCUT2D eigenvalue weighted by molar-refractivity contribution is 4.93. The minimum absolute atomic E-state index is 0.515. The molecule has 0 saturated heterocycles. The molecule has 0 amide bonds. The van der Waals surface area contributed by atoms with E-state index in [1.807, 2.05) is 0 Å². The first kappa shape index (κ1) is 13.0. The minimum atomic E-state index is 0.515. The Morgan fingerprint density at radius 2 is 1.93 bits per heavy atom. The van der Waals surface area contributed by atoms with Crippen LogP contribution in [-0.2, 0) is 0 Å². The SMILES string of the molecule is CNC1CCC(C)(C)CC1N(C)C(C)C. The maximum atomic E-state index is 3.49. The highest BCUT2D eigenvalue weighted by Crippen LogP contribution is 2.37. The van der Waals surface area contributed by atoms with Gasteiger partial charge in [0.2, 0.25) is 0 Å². The van der Waals surface area contributed by atoms with Gasteiger partial charge in [-0.15, -0.1) is 0 Å². The third-order valence-corrected chi connectivity index (χ3v) is 4.07. The molecule has 0 bridgehead atoms. The van der Waals surface area contributed by atoms with Gasteiger partial charge in [-0.05, 0) is 52.6 Å². The van der Waals surface area contributed by atoms with Gasteiger partial charge in [0.1, 0.15) is 0 Å². The van der Waals surface area contributed by atoms with E-state index >= 15 is 0 Å². The van der Waals surface area contributed by atoms with E-state index in [0.29, 0.717) is 23.5 Å². The molecule has 1 fully saturated rings. The van der Waals surface area contributed by atoms with Gasteiger partial charge in [-0.3, -0.25) is 4.90 Å². The van der Waals surface area contributed by atoms with Gasteiger partial charge in [0.15, 0.2) is 0 Å². The van der Waals surface area contributed by atoms with Crippen molar-refractivity contribution in [2.45, 2.75) is 65.1 Å². The second-order valence-electron chi connectivity index (χ2n) is 6.13. The highest BCUT2D eigenvalue weighted by Gasteiger charge is 2.36. The topological polar surface area (TPSA) is 15.3 Å². The summed E-state index contributed by atoms with van der Waals surface area (Å²) in [5, 5.41) is 3.49. The van der Waals surface area contributed by atoms with Gasteiger partial charge in [0, 0.05) is 18.1 Å². The van der Waals surface area contributed by atoms with Crippen molar-refractivity contribution >= 4 is 0 Å². The number of hydrogen-bond acceptors (Lipinski definition) is 2. The zero-order valence-corrected chi connectivity index (χ0v) is 11.3. The summed E-state index contributed by atoms with van der Waals surface area (Å²) in [7, 11) is 4.37. The maximum Gasteiger partial charge on any atom is 0.0253 e. The van der Waals surface area contributed by atoms with Crippen LogP contribution in [0.5, 0.6) is 0 Å². The predicted octanol–water partition coefficient (Wildman–Crippen LogP) is 2.49. The molecule has 1 aliphatic rings. The number of likely N-dealkylation sites (N-methyl/N-ethyl adjacent to an activating group) is 2. The molecule has 0 aromatic rings. The lowest BCUT2D eigenvalue weighted by Crippen LogP contribution is -2.54. The molecule has 0 heterocycles. The second kappa shape index (κ2) is 4.84. The lowest BCUT2D eigenvalue weighted by Gasteiger charge is -2.46. The van der Waals surface area contributed by atoms with Crippen LogP contribution >= 0.6 is 0 Å². The van der Waals surface area contributed by atoms with Gasteiger partial charge < -0.3 is 5.32 Å². The maximum absolute atomic E-state index is 3.49. The summed E-state index contributed by atoms with van der Waals surface area (Å²) in [5.41, 5.74) is 0.515. The molecule has 1 saturated carbocycles. The molecule has 2 unspecified atom stereocenters. The molecule has 0 spiro atoms. The van der Waals surface area contributed by atoms with Gasteiger partial charge in [-0.25, -0.2) is 0 Å². The summed E-state index contributed by atoms with van der Waals surface area (Å²) in [5.74, 6) is 0. The van der Waals surface area contributed by atoms with Crippen LogP contribution < -0.4 is 5.32 Å². The lowest BCUT2D eigenvalue weighted by molar-refractivity contribution is 0.0666. The minimum Gasteiger partial charge on any atom is -0.315 e. The van der Waals surface area contributed by atoms with Crippen molar-refractivity contribution in [2.75, 3.05) is 14.1 Å². The first-order chi connectivity index (χ1) is 6.87. The summed E-state index contributed by atoms with van der Waals surface area (Å²) in [6.45, 7) is 9.38. The number of nitrogens with zero attached hydrogens (tertiary/aromatic N) is 1. The van der Waals surface area contributed by atoms with Crippen LogP contribution in [-0.4, -0.2) is 37.1 Å². The Balaban J connectivity index is 2.71. The van der Waals surface area contributed by atoms with Crippen LogP contribution in [0.3, 0.4) is 0 Å². The fourth-order valence-electron chi connectivity index (χ4n) is 2.70. The zero-order valence-electron chi connectivity index (χ0n) is 11.3. The second-order valence-corrected chi connectivity index (χ2v) is 6.13. The fourth-order valence-corrected chi connectivity index (χ4v) is 2.70. The molecule has 0 radical (unpaired) electrons. The van der Waals surface area contributed by atoms with Crippen molar-refractivity contribution in [3.8, 4) is 0 Å². The smallest absolute Gasteiger partial charge is 0.0253 e. The fraction of sp³-hybridized carbons (Fsp3) is 1.00. The molecule has 0 aromatic heterocycles. The molecule has 2 heteroatoms. The Morgan fingerprint density at radius 1 is 1.33 bits per heavy atom. The van der Waals surface area contributed by atoms with E-state index in [1.165, 1.54) is 19.3 Å². The Kier molecular flexibility index (Phi) is 4.19. The Morgan fingerprint density at radius 3 is 2.40 bits per heavy atom. The average molecular weight is 212 g/mol. The Bertz CT molecular complexity index is 197. The van der Waals surface area contributed by atoms with Crippen LogP contribution in [0.2, 0.25) is 0 Å². The van der Waals surface area contributed by atoms with E-state index in [1.54, 1.807) is 0 Å². The summed E-state index contributed by atoms with van der Waals surface area (Å²) in [6, 6.07) is 2.00. The first-order valence-corrected chi connectivity index (χ1v) is 6.26. The van der Waals surface area contributed by atoms with Crippen LogP contribution in [0.15, 0.2) is 0 Å². The quantitative estimate of drug-likeness (QED) is 0.773. The Labute approximate surface area is 95.4 Å². The van der Waals surface area contributed by atoms with Crippen molar-refractivity contribution in [3.05, 3.63) is 0 Å². The van der Waals surface area contributed by atoms with E-state index < -0.39 is 0 Å². The van der Waals surface area contributed by atoms with E-state index in [-0.39, 0.29) is 0 Å². The number of nitrogens with one attached hydrogen (secondary N) is 1. The van der Waals surface area contributed by atoms with Crippen molar-refractivity contribution in [2.24, 2.45) is 5.41 Å². The molecule has 1 N–H and O–H groups in total. The molecule has 0 aliphatic heterocycles. The standard InChI is InChI=1S/C13H28N2/c1-10(2)15(6)12-9-13(3,4)8-7-11(12)14-5/h10-12,14H,7-9H2,1-6H3. The molecule has 0 aromatic carbocycles. The van der Waals surface area contributed by atoms with E-state index in [4.69, 9.17) is 0 Å². The van der Waals surface area contributed by atoms with Crippen LogP contribution in [0.4, 0.5) is 0 Å². The van der Waals surface area contributed by atoms with Gasteiger partial charge in [-0.2, -0.15) is 0 Å². The van der Waals surface area contributed by atoms with E-state index in [9.17, 15) is 0 Å². The van der Waals surface area contributed by atoms with Crippen molar-refractivity contribution in [1.82, 2.24) is 10.2 Å². The van der Waals surface area contributed by atoms with Crippen molar-refractivity contribution in [3.63, 3.8) is 0 Å². The molecule has 15 heavy (non-hydrogen) atoms. The number of rotatable bonds is 3. The molecular formula is C13H28N2. The summed E-state index contributed by atoms with van der Waals surface area (Å²) >= 11 is 0. The van der Waals surface area contributed by atoms with Crippen molar-refractivity contribution in [1.29, 1.82) is 0 Å². The highest BCUT2D eigenvalue weighted by atomic mass is 15.2. The number of hydrogen-bond donors (Lipinski definition) is 1. The van der Waals surface area contributed by atoms with Crippen LogP contribution in [0.25, 0.3) is 0 Å². The molecule has 1 aliphatic carbocycles. The normalized spacial score (nSPS) is 31.2. The summed E-state index contributed by atoms with van der Waals surface area (Å²) in [4.78, 5) is 2.53. The molecule has 1 rings (SSSR count). The van der Waals surface area contributed by atoms with Gasteiger partial charge in [0.25, 0.3) is 0 Å². The third kappa shape index (κ3) is 3.18. The average Bonchev–Trinajstić information content (AvgIpc) is 2.15. The molecular weight excluding hydrogens is 184 g/mol. The molecule has 2 atom stereocenters. The lowest BCUT2D eigenvalue weighted by atomic mass is 9.72.